The van der Waals surface area contributed by atoms with Crippen molar-refractivity contribution in [3.8, 4) is 0 Å². The minimum Gasteiger partial charge on any atom is -0.325 e. The number of rotatable bonds is 5. The number of aliphatic imine (C=N–C) groups is 1. The first-order valence-electron chi connectivity index (χ1n) is 4.95. The summed E-state index contributed by atoms with van der Waals surface area (Å²) in [5, 5.41) is 0. The van der Waals surface area contributed by atoms with Gasteiger partial charge < -0.3 is 11.5 Å². The van der Waals surface area contributed by atoms with Crippen LogP contribution in [0.1, 0.15) is 40.5 Å². The first-order valence-corrected chi connectivity index (χ1v) is 4.95. The number of nitrogens with zero attached hydrogens (tertiary/aromatic N) is 1. The van der Waals surface area contributed by atoms with Crippen LogP contribution in [0.5, 0.6) is 0 Å². The van der Waals surface area contributed by atoms with Crippen LogP contribution >= 0.6 is 0 Å². The van der Waals surface area contributed by atoms with E-state index in [1.807, 2.05) is 40.0 Å². The molecule has 0 bridgehead atoms. The highest BCUT2D eigenvalue weighted by Crippen LogP contribution is 2.04. The maximum atomic E-state index is 5.80. The highest BCUT2D eigenvalue weighted by molar-refractivity contribution is 5.59. The van der Waals surface area contributed by atoms with Gasteiger partial charge in [-0.15, -0.1) is 0 Å². The summed E-state index contributed by atoms with van der Waals surface area (Å²) in [5.41, 5.74) is 11.3. The van der Waals surface area contributed by atoms with Gasteiger partial charge in [-0.05, 0) is 34.1 Å². The molecular formula is C11H23N3. The second-order valence-electron chi connectivity index (χ2n) is 5.10. The van der Waals surface area contributed by atoms with Crippen LogP contribution in [0, 0.1) is 0 Å². The van der Waals surface area contributed by atoms with Gasteiger partial charge in [0, 0.05) is 29.9 Å². The van der Waals surface area contributed by atoms with Gasteiger partial charge in [0.25, 0.3) is 0 Å². The topological polar surface area (TPSA) is 64.4 Å². The second-order valence-corrected chi connectivity index (χ2v) is 5.10. The molecular weight excluding hydrogens is 174 g/mol. The lowest BCUT2D eigenvalue weighted by Crippen LogP contribution is -2.31. The molecule has 0 aromatic heterocycles. The van der Waals surface area contributed by atoms with Crippen LogP contribution < -0.4 is 11.5 Å². The third-order valence-electron chi connectivity index (χ3n) is 1.56. The third kappa shape index (κ3) is 11.3. The Labute approximate surface area is 87.3 Å². The van der Waals surface area contributed by atoms with Crippen LogP contribution in [0.25, 0.3) is 0 Å². The van der Waals surface area contributed by atoms with E-state index in [1.54, 1.807) is 6.20 Å². The average molecular weight is 197 g/mol. The van der Waals surface area contributed by atoms with Crippen molar-refractivity contribution in [3.05, 3.63) is 12.3 Å². The van der Waals surface area contributed by atoms with E-state index in [9.17, 15) is 0 Å². The van der Waals surface area contributed by atoms with Gasteiger partial charge in [-0.3, -0.25) is 4.99 Å². The monoisotopic (exact) mass is 197 g/mol. The highest BCUT2D eigenvalue weighted by Gasteiger charge is 2.07. The Morgan fingerprint density at radius 1 is 1.00 bits per heavy atom. The summed E-state index contributed by atoms with van der Waals surface area (Å²) in [7, 11) is 0. The summed E-state index contributed by atoms with van der Waals surface area (Å²) in [4.78, 5) is 4.12. The molecule has 0 aliphatic carbocycles. The maximum absolute atomic E-state index is 5.80. The molecule has 4 N–H and O–H groups in total. The molecule has 0 amide bonds. The molecule has 0 spiro atoms. The van der Waals surface area contributed by atoms with Gasteiger partial charge in [-0.2, -0.15) is 0 Å². The minimum atomic E-state index is -0.176. The molecule has 0 aliphatic heterocycles. The molecule has 0 rings (SSSR count). The zero-order valence-corrected chi connectivity index (χ0v) is 9.75. The van der Waals surface area contributed by atoms with Gasteiger partial charge >= 0.3 is 0 Å². The third-order valence-corrected chi connectivity index (χ3v) is 1.56. The lowest BCUT2D eigenvalue weighted by molar-refractivity contribution is 0.527. The van der Waals surface area contributed by atoms with Crippen molar-refractivity contribution in [2.24, 2.45) is 16.5 Å². The number of hydrogen-bond donors (Lipinski definition) is 2. The fourth-order valence-electron chi connectivity index (χ4n) is 0.766. The fraction of sp³-hybridized carbons (Fsp3) is 0.727. The molecule has 0 unspecified atom stereocenters. The Hall–Kier alpha value is -0.670. The van der Waals surface area contributed by atoms with E-state index in [-0.39, 0.29) is 11.1 Å². The smallest absolute Gasteiger partial charge is 0.0224 e. The molecule has 0 fully saturated rings. The van der Waals surface area contributed by atoms with Crippen molar-refractivity contribution in [1.82, 2.24) is 0 Å². The number of hydrogen-bond acceptors (Lipinski definition) is 3. The molecule has 82 valence electrons. The molecule has 0 aromatic rings. The maximum Gasteiger partial charge on any atom is 0.0224 e. The summed E-state index contributed by atoms with van der Waals surface area (Å²) in [6.07, 6.45) is 7.19. The van der Waals surface area contributed by atoms with Gasteiger partial charge in [0.15, 0.2) is 0 Å². The molecule has 3 heteroatoms. The van der Waals surface area contributed by atoms with E-state index < -0.39 is 0 Å². The van der Waals surface area contributed by atoms with Crippen molar-refractivity contribution in [2.45, 2.75) is 51.6 Å². The Kier molecular flexibility index (Phi) is 5.02. The molecule has 0 atom stereocenters. The summed E-state index contributed by atoms with van der Waals surface area (Å²) >= 11 is 0. The van der Waals surface area contributed by atoms with Crippen LogP contribution in [-0.4, -0.2) is 17.3 Å². The summed E-state index contributed by atoms with van der Waals surface area (Å²) < 4.78 is 0. The van der Waals surface area contributed by atoms with Gasteiger partial charge in [0.05, 0.1) is 0 Å². The molecule has 3 nitrogen and oxygen atoms in total. The lowest BCUT2D eigenvalue weighted by Gasteiger charge is -2.14. The van der Waals surface area contributed by atoms with Crippen LogP contribution in [-0.2, 0) is 0 Å². The average Bonchev–Trinajstić information content (AvgIpc) is 1.92. The van der Waals surface area contributed by atoms with E-state index in [0.717, 1.165) is 12.8 Å². The van der Waals surface area contributed by atoms with E-state index in [1.165, 1.54) is 0 Å². The van der Waals surface area contributed by atoms with Crippen molar-refractivity contribution >= 4 is 6.21 Å². The SMILES string of the molecule is CC(C)(N)CC=CN=CCC(C)(C)N. The summed E-state index contributed by atoms with van der Waals surface area (Å²) in [5.74, 6) is 0. The Morgan fingerprint density at radius 2 is 1.50 bits per heavy atom. The van der Waals surface area contributed by atoms with Gasteiger partial charge in [-0.25, -0.2) is 0 Å². The van der Waals surface area contributed by atoms with E-state index >= 15 is 0 Å². The molecule has 0 saturated heterocycles. The van der Waals surface area contributed by atoms with E-state index in [2.05, 4.69) is 4.99 Å². The van der Waals surface area contributed by atoms with Crippen LogP contribution in [0.3, 0.4) is 0 Å². The van der Waals surface area contributed by atoms with Crippen LogP contribution in [0.4, 0.5) is 0 Å². The predicted molar refractivity (Wildman–Crippen MR) is 63.4 cm³/mol. The van der Waals surface area contributed by atoms with Crippen molar-refractivity contribution in [3.63, 3.8) is 0 Å². The standard InChI is InChI=1S/C11H23N3/c1-10(2,12)6-5-8-14-9-7-11(3,4)13/h5,8-9H,6-7,12-13H2,1-4H3. The largest absolute Gasteiger partial charge is 0.325 e. The molecule has 0 radical (unpaired) electrons. The van der Waals surface area contributed by atoms with Crippen molar-refractivity contribution < 1.29 is 0 Å². The van der Waals surface area contributed by atoms with Crippen LogP contribution in [0.2, 0.25) is 0 Å². The minimum absolute atomic E-state index is 0.154. The summed E-state index contributed by atoms with van der Waals surface area (Å²) in [6, 6.07) is 0. The zero-order valence-electron chi connectivity index (χ0n) is 9.75. The first-order chi connectivity index (χ1) is 6.21. The van der Waals surface area contributed by atoms with Crippen LogP contribution in [0.15, 0.2) is 17.3 Å². The Morgan fingerprint density at radius 3 is 1.93 bits per heavy atom. The molecule has 0 saturated carbocycles. The normalized spacial score (nSPS) is 14.4. The molecule has 0 aliphatic rings. The fourth-order valence-corrected chi connectivity index (χ4v) is 0.766. The molecule has 0 heterocycles. The quantitative estimate of drug-likeness (QED) is 0.660. The van der Waals surface area contributed by atoms with Crippen molar-refractivity contribution in [1.29, 1.82) is 0 Å². The summed E-state index contributed by atoms with van der Waals surface area (Å²) in [6.45, 7) is 7.94. The predicted octanol–water partition coefficient (Wildman–Crippen LogP) is 1.83. The van der Waals surface area contributed by atoms with Gasteiger partial charge in [0.2, 0.25) is 0 Å². The highest BCUT2D eigenvalue weighted by atomic mass is 14.7. The van der Waals surface area contributed by atoms with Crippen molar-refractivity contribution in [2.75, 3.05) is 0 Å². The Bertz CT molecular complexity index is 180. The van der Waals surface area contributed by atoms with E-state index in [4.69, 9.17) is 11.5 Å². The molecule has 14 heavy (non-hydrogen) atoms. The Balaban J connectivity index is 3.73. The first kappa shape index (κ1) is 13.3. The molecule has 0 aromatic carbocycles. The lowest BCUT2D eigenvalue weighted by atomic mass is 10.0. The second kappa shape index (κ2) is 5.27. The van der Waals surface area contributed by atoms with E-state index in [0.29, 0.717) is 0 Å². The number of nitrogens with two attached hydrogens (primary N) is 2. The van der Waals surface area contributed by atoms with Gasteiger partial charge in [-0.1, -0.05) is 6.08 Å². The zero-order chi connectivity index (χ0) is 11.2. The van der Waals surface area contributed by atoms with Gasteiger partial charge in [0.1, 0.15) is 0 Å².